The van der Waals surface area contributed by atoms with Gasteiger partial charge >= 0.3 is 0 Å². The minimum atomic E-state index is 0.899. The first-order chi connectivity index (χ1) is 31.7. The van der Waals surface area contributed by atoms with Crippen LogP contribution in [0.1, 0.15) is 0 Å². The van der Waals surface area contributed by atoms with Gasteiger partial charge in [-0.3, -0.25) is 0 Å². The fourth-order valence-corrected chi connectivity index (χ4v) is 9.46. The van der Waals surface area contributed by atoms with Gasteiger partial charge in [-0.25, -0.2) is 0 Å². The molecular weight excluding hydrogens is 775 g/mol. The molecule has 0 unspecified atom stereocenters. The van der Waals surface area contributed by atoms with Gasteiger partial charge in [0.25, 0.3) is 0 Å². The minimum Gasteiger partial charge on any atom is -0.456 e. The maximum Gasteiger partial charge on any atom is 0.135 e. The van der Waals surface area contributed by atoms with Crippen LogP contribution in [0.4, 0.5) is 17.1 Å². The molecule has 0 bridgehead atoms. The smallest absolute Gasteiger partial charge is 0.135 e. The Morgan fingerprint density at radius 2 is 0.719 bits per heavy atom. The molecule has 0 amide bonds. The Kier molecular flexibility index (Phi) is 9.20. The fraction of sp³-hybridized carbons (Fsp3) is 0. The number of benzene rings is 11. The summed E-state index contributed by atoms with van der Waals surface area (Å²) in [6.07, 6.45) is 0. The summed E-state index contributed by atoms with van der Waals surface area (Å²) in [5.74, 6) is 0. The van der Waals surface area contributed by atoms with Gasteiger partial charge in [-0.05, 0) is 126 Å². The van der Waals surface area contributed by atoms with E-state index >= 15 is 0 Å². The lowest BCUT2D eigenvalue weighted by atomic mass is 9.91. The molecule has 0 aliphatic rings. The molecule has 300 valence electrons. The van der Waals surface area contributed by atoms with Crippen molar-refractivity contribution in [1.82, 2.24) is 0 Å². The molecule has 1 heterocycles. The zero-order valence-electron chi connectivity index (χ0n) is 35.0. The molecule has 0 radical (unpaired) electrons. The summed E-state index contributed by atoms with van der Waals surface area (Å²) in [4.78, 5) is 2.42. The van der Waals surface area contributed by atoms with Crippen LogP contribution in [0, 0.1) is 0 Å². The Labute approximate surface area is 372 Å². The normalized spacial score (nSPS) is 11.4. The van der Waals surface area contributed by atoms with E-state index in [1.165, 1.54) is 49.4 Å². The summed E-state index contributed by atoms with van der Waals surface area (Å²) < 4.78 is 6.18. The van der Waals surface area contributed by atoms with E-state index in [4.69, 9.17) is 4.42 Å². The predicted molar refractivity (Wildman–Crippen MR) is 271 cm³/mol. The molecule has 0 aliphatic carbocycles. The van der Waals surface area contributed by atoms with Crippen LogP contribution in [-0.2, 0) is 0 Å². The molecule has 2 nitrogen and oxygen atoms in total. The Balaban J connectivity index is 1.02. The van der Waals surface area contributed by atoms with Gasteiger partial charge in [-0.2, -0.15) is 0 Å². The van der Waals surface area contributed by atoms with Crippen molar-refractivity contribution in [2.45, 2.75) is 0 Å². The third kappa shape index (κ3) is 6.70. The lowest BCUT2D eigenvalue weighted by Gasteiger charge is -2.29. The summed E-state index contributed by atoms with van der Waals surface area (Å²) in [6.45, 7) is 0. The van der Waals surface area contributed by atoms with E-state index < -0.39 is 0 Å². The summed E-state index contributed by atoms with van der Waals surface area (Å²) in [5.41, 5.74) is 16.8. The molecule has 12 rings (SSSR count). The average molecular weight is 816 g/mol. The van der Waals surface area contributed by atoms with E-state index in [9.17, 15) is 0 Å². The molecule has 12 aromatic rings. The standard InChI is InChI=1S/C62H41NO/c1-3-13-42(14-4-1)43-23-25-44(26-24-43)45-27-33-51(34-28-45)63(52-35-29-46(30-36-52)48-32-38-62-59(39-48)57-21-11-12-22-61(57)64-62)60-41-50(31-37-54(60)47-15-5-2-6-16-47)58-40-49-17-7-8-18-53(49)55-19-9-10-20-56(55)58/h1-41H. The number of hydrogen-bond acceptors (Lipinski definition) is 2. The third-order valence-electron chi connectivity index (χ3n) is 12.7. The van der Waals surface area contributed by atoms with Crippen LogP contribution in [-0.4, -0.2) is 0 Å². The molecule has 0 spiro atoms. The monoisotopic (exact) mass is 815 g/mol. The Morgan fingerprint density at radius 1 is 0.250 bits per heavy atom. The summed E-state index contributed by atoms with van der Waals surface area (Å²) in [6, 6.07) is 89.9. The van der Waals surface area contributed by atoms with Crippen molar-refractivity contribution in [1.29, 1.82) is 0 Å². The molecule has 0 saturated carbocycles. The number of furan rings is 1. The van der Waals surface area contributed by atoms with Crippen LogP contribution in [0.2, 0.25) is 0 Å². The van der Waals surface area contributed by atoms with Crippen LogP contribution in [0.3, 0.4) is 0 Å². The number of hydrogen-bond donors (Lipinski definition) is 0. The van der Waals surface area contributed by atoms with Gasteiger partial charge in [0.1, 0.15) is 11.2 Å². The fourth-order valence-electron chi connectivity index (χ4n) is 9.46. The second-order valence-electron chi connectivity index (χ2n) is 16.5. The highest BCUT2D eigenvalue weighted by atomic mass is 16.3. The van der Waals surface area contributed by atoms with E-state index in [1.54, 1.807) is 0 Å². The molecule has 2 heteroatoms. The SMILES string of the molecule is c1ccc(-c2ccc(-c3ccc(N(c4ccc(-c5ccc6oc7ccccc7c6c5)cc4)c4cc(-c5cc6ccccc6c6ccccc56)ccc4-c4ccccc4)cc3)cc2)cc1. The van der Waals surface area contributed by atoms with Gasteiger partial charge in [-0.1, -0.05) is 194 Å². The largest absolute Gasteiger partial charge is 0.456 e. The number of para-hydroxylation sites is 1. The average Bonchev–Trinajstić information content (AvgIpc) is 3.75. The first-order valence-electron chi connectivity index (χ1n) is 21.9. The number of rotatable bonds is 8. The van der Waals surface area contributed by atoms with Crippen molar-refractivity contribution in [3.63, 3.8) is 0 Å². The molecule has 64 heavy (non-hydrogen) atoms. The van der Waals surface area contributed by atoms with Crippen molar-refractivity contribution >= 4 is 60.5 Å². The highest BCUT2D eigenvalue weighted by Crippen LogP contribution is 2.45. The van der Waals surface area contributed by atoms with E-state index in [0.29, 0.717) is 0 Å². The molecule has 0 atom stereocenters. The summed E-state index contributed by atoms with van der Waals surface area (Å²) in [7, 11) is 0. The van der Waals surface area contributed by atoms with Crippen LogP contribution < -0.4 is 4.90 Å². The number of nitrogens with zero attached hydrogens (tertiary/aromatic N) is 1. The molecule has 0 saturated heterocycles. The van der Waals surface area contributed by atoms with Crippen LogP contribution >= 0.6 is 0 Å². The Hall–Kier alpha value is -8.46. The highest BCUT2D eigenvalue weighted by molar-refractivity contribution is 6.14. The molecule has 11 aromatic carbocycles. The summed E-state index contributed by atoms with van der Waals surface area (Å²) >= 11 is 0. The Morgan fingerprint density at radius 3 is 1.39 bits per heavy atom. The maximum absolute atomic E-state index is 6.18. The molecule has 0 aliphatic heterocycles. The third-order valence-corrected chi connectivity index (χ3v) is 12.7. The van der Waals surface area contributed by atoms with Gasteiger partial charge in [0.05, 0.1) is 5.69 Å². The predicted octanol–water partition coefficient (Wildman–Crippen LogP) is 17.7. The first kappa shape index (κ1) is 37.3. The highest BCUT2D eigenvalue weighted by Gasteiger charge is 2.20. The molecular formula is C62H41NO. The number of fused-ring (bicyclic) bond motifs is 6. The number of anilines is 3. The maximum atomic E-state index is 6.18. The van der Waals surface area contributed by atoms with Crippen molar-refractivity contribution in [2.24, 2.45) is 0 Å². The van der Waals surface area contributed by atoms with E-state index in [1.807, 2.05) is 12.1 Å². The zero-order valence-corrected chi connectivity index (χ0v) is 35.0. The molecule has 0 N–H and O–H groups in total. The quantitative estimate of drug-likeness (QED) is 0.142. The zero-order chi connectivity index (χ0) is 42.4. The van der Waals surface area contributed by atoms with Crippen LogP contribution in [0.15, 0.2) is 253 Å². The van der Waals surface area contributed by atoms with Crippen molar-refractivity contribution < 1.29 is 4.42 Å². The van der Waals surface area contributed by atoms with Crippen LogP contribution in [0.5, 0.6) is 0 Å². The second kappa shape index (κ2) is 15.8. The van der Waals surface area contributed by atoms with E-state index in [-0.39, 0.29) is 0 Å². The molecule has 0 fully saturated rings. The van der Waals surface area contributed by atoms with Crippen molar-refractivity contribution in [3.8, 4) is 55.6 Å². The van der Waals surface area contributed by atoms with E-state index in [0.717, 1.165) is 66.8 Å². The lowest BCUT2D eigenvalue weighted by Crippen LogP contribution is -2.11. The lowest BCUT2D eigenvalue weighted by molar-refractivity contribution is 0.669. The van der Waals surface area contributed by atoms with Gasteiger partial charge in [0.15, 0.2) is 0 Å². The van der Waals surface area contributed by atoms with Crippen LogP contribution in [0.25, 0.3) is 99.1 Å². The van der Waals surface area contributed by atoms with E-state index in [2.05, 4.69) is 241 Å². The first-order valence-corrected chi connectivity index (χ1v) is 21.9. The van der Waals surface area contributed by atoms with Gasteiger partial charge < -0.3 is 9.32 Å². The van der Waals surface area contributed by atoms with Crippen molar-refractivity contribution in [2.75, 3.05) is 4.90 Å². The second-order valence-corrected chi connectivity index (χ2v) is 16.5. The van der Waals surface area contributed by atoms with Gasteiger partial charge in [-0.15, -0.1) is 0 Å². The topological polar surface area (TPSA) is 16.4 Å². The van der Waals surface area contributed by atoms with Gasteiger partial charge in [0.2, 0.25) is 0 Å². The summed E-state index contributed by atoms with van der Waals surface area (Å²) in [5, 5.41) is 7.24. The van der Waals surface area contributed by atoms with Gasteiger partial charge in [0, 0.05) is 27.7 Å². The Bertz CT molecular complexity index is 3630. The minimum absolute atomic E-state index is 0.899. The van der Waals surface area contributed by atoms with Crippen molar-refractivity contribution in [3.05, 3.63) is 249 Å². The molecule has 1 aromatic heterocycles.